The first-order chi connectivity index (χ1) is 17.0. The summed E-state index contributed by atoms with van der Waals surface area (Å²) in [6, 6.07) is 14.5. The molecule has 7 nitrogen and oxygen atoms in total. The average molecular weight is 477 g/mol. The van der Waals surface area contributed by atoms with Gasteiger partial charge < -0.3 is 20.9 Å². The Bertz CT molecular complexity index is 1020. The number of hydrogen-bond donors (Lipinski definition) is 3. The number of amides is 3. The number of rotatable bonds is 7. The number of likely N-dealkylation sites (tertiary alicyclic amines) is 1. The van der Waals surface area contributed by atoms with Gasteiger partial charge in [-0.15, -0.1) is 0 Å². The maximum Gasteiger partial charge on any atom is 0.253 e. The quantitative estimate of drug-likeness (QED) is 0.542. The minimum Gasteiger partial charge on any atom is -0.376 e. The second kappa shape index (κ2) is 11.9. The normalized spacial score (nSPS) is 17.0. The van der Waals surface area contributed by atoms with Crippen molar-refractivity contribution in [3.05, 3.63) is 59.7 Å². The Labute approximate surface area is 207 Å². The highest BCUT2D eigenvalue weighted by Crippen LogP contribution is 2.20. The van der Waals surface area contributed by atoms with Crippen LogP contribution in [0.5, 0.6) is 0 Å². The molecule has 2 aromatic rings. The smallest absolute Gasteiger partial charge is 0.253 e. The lowest BCUT2D eigenvalue weighted by Gasteiger charge is -2.30. The van der Waals surface area contributed by atoms with Crippen molar-refractivity contribution in [3.63, 3.8) is 0 Å². The lowest BCUT2D eigenvalue weighted by molar-refractivity contribution is -0.114. The van der Waals surface area contributed by atoms with Crippen LogP contribution in [0.4, 0.5) is 11.4 Å². The van der Waals surface area contributed by atoms with Crippen molar-refractivity contribution in [1.29, 1.82) is 0 Å². The molecule has 3 amide bonds. The summed E-state index contributed by atoms with van der Waals surface area (Å²) in [5, 5.41) is 9.06. The Morgan fingerprint density at radius 2 is 1.57 bits per heavy atom. The second-order valence-electron chi connectivity index (χ2n) is 9.84. The fraction of sp³-hybridized carbons (Fsp3) is 0.464. The third kappa shape index (κ3) is 7.07. The SMILES string of the molecule is CC1CCN(C(=O)c2cccc(NC(=O)CNc3ccc(C(=O)NC4CCCCC4)cc3)c2)CC1. The van der Waals surface area contributed by atoms with Gasteiger partial charge in [-0.2, -0.15) is 0 Å². The molecule has 4 rings (SSSR count). The topological polar surface area (TPSA) is 90.5 Å². The van der Waals surface area contributed by atoms with E-state index in [0.29, 0.717) is 22.7 Å². The summed E-state index contributed by atoms with van der Waals surface area (Å²) in [4.78, 5) is 39.6. The fourth-order valence-electron chi connectivity index (χ4n) is 4.77. The van der Waals surface area contributed by atoms with Gasteiger partial charge in [-0.1, -0.05) is 32.3 Å². The summed E-state index contributed by atoms with van der Waals surface area (Å²) >= 11 is 0. The summed E-state index contributed by atoms with van der Waals surface area (Å²) in [7, 11) is 0. The Kier molecular flexibility index (Phi) is 8.40. The van der Waals surface area contributed by atoms with E-state index >= 15 is 0 Å². The molecule has 0 aromatic heterocycles. The van der Waals surface area contributed by atoms with Crippen molar-refractivity contribution in [2.45, 2.75) is 57.9 Å². The highest BCUT2D eigenvalue weighted by molar-refractivity contribution is 5.98. The zero-order valence-electron chi connectivity index (χ0n) is 20.5. The average Bonchev–Trinajstić information content (AvgIpc) is 2.88. The van der Waals surface area contributed by atoms with Gasteiger partial charge in [0.1, 0.15) is 0 Å². The van der Waals surface area contributed by atoms with Gasteiger partial charge in [-0.05, 0) is 74.1 Å². The molecule has 0 atom stereocenters. The van der Waals surface area contributed by atoms with Gasteiger partial charge in [0.15, 0.2) is 0 Å². The zero-order chi connectivity index (χ0) is 24.6. The van der Waals surface area contributed by atoms with E-state index in [2.05, 4.69) is 22.9 Å². The van der Waals surface area contributed by atoms with Crippen LogP contribution in [0.15, 0.2) is 48.5 Å². The Balaban J connectivity index is 1.25. The molecule has 0 radical (unpaired) electrons. The summed E-state index contributed by atoms with van der Waals surface area (Å²) in [6.45, 7) is 3.86. The highest BCUT2D eigenvalue weighted by atomic mass is 16.2. The number of anilines is 2. The number of nitrogens with one attached hydrogen (secondary N) is 3. The van der Waals surface area contributed by atoms with Crippen LogP contribution in [-0.4, -0.2) is 48.3 Å². The largest absolute Gasteiger partial charge is 0.376 e. The summed E-state index contributed by atoms with van der Waals surface area (Å²) < 4.78 is 0. The van der Waals surface area contributed by atoms with Gasteiger partial charge in [-0.3, -0.25) is 14.4 Å². The van der Waals surface area contributed by atoms with E-state index in [4.69, 9.17) is 0 Å². The van der Waals surface area contributed by atoms with Crippen LogP contribution < -0.4 is 16.0 Å². The molecule has 35 heavy (non-hydrogen) atoms. The number of benzene rings is 2. The lowest BCUT2D eigenvalue weighted by Crippen LogP contribution is -2.37. The maximum absolute atomic E-state index is 12.8. The maximum atomic E-state index is 12.8. The molecule has 1 aliphatic heterocycles. The molecule has 7 heteroatoms. The highest BCUT2D eigenvalue weighted by Gasteiger charge is 2.21. The number of nitrogens with zero attached hydrogens (tertiary/aromatic N) is 1. The Morgan fingerprint density at radius 1 is 0.857 bits per heavy atom. The third-order valence-corrected chi connectivity index (χ3v) is 7.00. The number of hydrogen-bond acceptors (Lipinski definition) is 4. The van der Waals surface area contributed by atoms with Crippen molar-refractivity contribution < 1.29 is 14.4 Å². The first-order valence-corrected chi connectivity index (χ1v) is 12.8. The standard InChI is InChI=1S/C28H36N4O3/c1-20-14-16-32(17-15-20)28(35)22-6-5-9-25(18-22)30-26(33)19-29-23-12-10-21(11-13-23)27(34)31-24-7-3-2-4-8-24/h5-6,9-13,18,20,24,29H,2-4,7-8,14-17,19H2,1H3,(H,30,33)(H,31,34). The molecule has 3 N–H and O–H groups in total. The minimum atomic E-state index is -0.208. The Hall–Kier alpha value is -3.35. The molecule has 0 bridgehead atoms. The molecule has 1 saturated heterocycles. The predicted molar refractivity (Wildman–Crippen MR) is 139 cm³/mol. The van der Waals surface area contributed by atoms with Gasteiger partial charge in [0.05, 0.1) is 6.54 Å². The van der Waals surface area contributed by atoms with E-state index < -0.39 is 0 Å². The van der Waals surface area contributed by atoms with Crippen molar-refractivity contribution >= 4 is 29.1 Å². The molecular weight excluding hydrogens is 440 g/mol. The molecule has 1 heterocycles. The molecule has 0 unspecified atom stereocenters. The number of carbonyl (C=O) groups is 3. The first-order valence-electron chi connectivity index (χ1n) is 12.8. The summed E-state index contributed by atoms with van der Waals surface area (Å²) in [5.74, 6) is 0.418. The van der Waals surface area contributed by atoms with Crippen molar-refractivity contribution in [2.24, 2.45) is 5.92 Å². The van der Waals surface area contributed by atoms with Gasteiger partial charge in [0.25, 0.3) is 11.8 Å². The molecule has 2 aromatic carbocycles. The number of piperidine rings is 1. The van der Waals surface area contributed by atoms with Crippen LogP contribution in [0.2, 0.25) is 0 Å². The Morgan fingerprint density at radius 3 is 2.29 bits per heavy atom. The molecule has 186 valence electrons. The van der Waals surface area contributed by atoms with Crippen LogP contribution in [0.25, 0.3) is 0 Å². The van der Waals surface area contributed by atoms with Crippen LogP contribution in [0, 0.1) is 5.92 Å². The van der Waals surface area contributed by atoms with E-state index in [0.717, 1.165) is 44.5 Å². The van der Waals surface area contributed by atoms with Gasteiger partial charge in [0.2, 0.25) is 5.91 Å². The van der Waals surface area contributed by atoms with Crippen molar-refractivity contribution in [1.82, 2.24) is 10.2 Å². The van der Waals surface area contributed by atoms with E-state index in [1.165, 1.54) is 19.3 Å². The van der Waals surface area contributed by atoms with Crippen LogP contribution in [-0.2, 0) is 4.79 Å². The third-order valence-electron chi connectivity index (χ3n) is 7.00. The predicted octanol–water partition coefficient (Wildman–Crippen LogP) is 4.67. The molecule has 1 aliphatic carbocycles. The van der Waals surface area contributed by atoms with Crippen molar-refractivity contribution in [3.8, 4) is 0 Å². The minimum absolute atomic E-state index is 0.0127. The first kappa shape index (κ1) is 24.8. The molecule has 1 saturated carbocycles. The molecule has 2 aliphatic rings. The second-order valence-corrected chi connectivity index (χ2v) is 9.84. The lowest BCUT2D eigenvalue weighted by atomic mass is 9.95. The van der Waals surface area contributed by atoms with E-state index in [-0.39, 0.29) is 30.3 Å². The summed E-state index contributed by atoms with van der Waals surface area (Å²) in [5.41, 5.74) is 2.57. The van der Waals surface area contributed by atoms with E-state index in [1.54, 1.807) is 36.4 Å². The molecule has 2 fully saturated rings. The monoisotopic (exact) mass is 476 g/mol. The van der Waals surface area contributed by atoms with Gasteiger partial charge in [0, 0.05) is 41.6 Å². The molecule has 0 spiro atoms. The van der Waals surface area contributed by atoms with Crippen molar-refractivity contribution in [2.75, 3.05) is 30.3 Å². The fourth-order valence-corrected chi connectivity index (χ4v) is 4.77. The van der Waals surface area contributed by atoms with Crippen LogP contribution in [0.3, 0.4) is 0 Å². The van der Waals surface area contributed by atoms with E-state index in [9.17, 15) is 14.4 Å². The number of carbonyl (C=O) groups excluding carboxylic acids is 3. The van der Waals surface area contributed by atoms with Crippen LogP contribution in [0.1, 0.15) is 72.6 Å². The van der Waals surface area contributed by atoms with Gasteiger partial charge >= 0.3 is 0 Å². The van der Waals surface area contributed by atoms with Gasteiger partial charge in [-0.25, -0.2) is 0 Å². The summed E-state index contributed by atoms with van der Waals surface area (Å²) in [6.07, 6.45) is 7.76. The van der Waals surface area contributed by atoms with Crippen LogP contribution >= 0.6 is 0 Å². The zero-order valence-corrected chi connectivity index (χ0v) is 20.5. The molecular formula is C28H36N4O3. The van der Waals surface area contributed by atoms with E-state index in [1.807, 2.05) is 17.0 Å².